The van der Waals surface area contributed by atoms with Crippen molar-refractivity contribution in [3.63, 3.8) is 0 Å². The standard InChI is InChI=1S/C11H12ClFO/c1-2-3-9(14)6-8-4-5-11(13)10(12)7-8/h2,4-5,7,9,14H,1,3,6H2. The summed E-state index contributed by atoms with van der Waals surface area (Å²) in [4.78, 5) is 0. The minimum absolute atomic E-state index is 0.0910. The number of halogens is 2. The molecule has 0 bridgehead atoms. The zero-order valence-corrected chi connectivity index (χ0v) is 8.47. The fourth-order valence-corrected chi connectivity index (χ4v) is 1.42. The van der Waals surface area contributed by atoms with Crippen LogP contribution >= 0.6 is 11.6 Å². The first kappa shape index (κ1) is 11.2. The molecular weight excluding hydrogens is 203 g/mol. The van der Waals surface area contributed by atoms with Crippen molar-refractivity contribution in [1.29, 1.82) is 0 Å². The van der Waals surface area contributed by atoms with Crippen molar-refractivity contribution in [2.24, 2.45) is 0 Å². The topological polar surface area (TPSA) is 20.2 Å². The monoisotopic (exact) mass is 214 g/mol. The Morgan fingerprint density at radius 3 is 2.86 bits per heavy atom. The largest absolute Gasteiger partial charge is 0.392 e. The molecule has 0 saturated carbocycles. The highest BCUT2D eigenvalue weighted by Gasteiger charge is 2.05. The summed E-state index contributed by atoms with van der Waals surface area (Å²) in [5, 5.41) is 9.55. The highest BCUT2D eigenvalue weighted by Crippen LogP contribution is 2.17. The number of hydrogen-bond donors (Lipinski definition) is 1. The molecule has 0 radical (unpaired) electrons. The van der Waals surface area contributed by atoms with E-state index in [0.29, 0.717) is 12.8 Å². The maximum atomic E-state index is 12.8. The summed E-state index contributed by atoms with van der Waals surface area (Å²) in [5.74, 6) is -0.436. The van der Waals surface area contributed by atoms with Gasteiger partial charge in [-0.15, -0.1) is 6.58 Å². The van der Waals surface area contributed by atoms with Crippen LogP contribution in [-0.4, -0.2) is 11.2 Å². The third-order valence-corrected chi connectivity index (χ3v) is 2.18. The molecule has 0 aliphatic rings. The number of benzene rings is 1. The van der Waals surface area contributed by atoms with Gasteiger partial charge in [-0.25, -0.2) is 4.39 Å². The quantitative estimate of drug-likeness (QED) is 0.765. The fraction of sp³-hybridized carbons (Fsp3) is 0.273. The summed E-state index contributed by atoms with van der Waals surface area (Å²) in [7, 11) is 0. The third kappa shape index (κ3) is 3.13. The average molecular weight is 215 g/mol. The molecule has 1 aromatic carbocycles. The SMILES string of the molecule is C=CCC(O)Cc1ccc(F)c(Cl)c1. The Morgan fingerprint density at radius 2 is 2.29 bits per heavy atom. The summed E-state index contributed by atoms with van der Waals surface area (Å²) in [6, 6.07) is 4.45. The highest BCUT2D eigenvalue weighted by atomic mass is 35.5. The fourth-order valence-electron chi connectivity index (χ4n) is 1.21. The van der Waals surface area contributed by atoms with E-state index in [4.69, 9.17) is 11.6 Å². The average Bonchev–Trinajstić information content (AvgIpc) is 2.12. The first-order chi connectivity index (χ1) is 6.63. The van der Waals surface area contributed by atoms with Crippen LogP contribution in [0.15, 0.2) is 30.9 Å². The predicted molar refractivity (Wildman–Crippen MR) is 55.9 cm³/mol. The van der Waals surface area contributed by atoms with Gasteiger partial charge in [0.25, 0.3) is 0 Å². The van der Waals surface area contributed by atoms with Gasteiger partial charge in [0.05, 0.1) is 11.1 Å². The van der Waals surface area contributed by atoms with Gasteiger partial charge in [-0.2, -0.15) is 0 Å². The van der Waals surface area contributed by atoms with E-state index in [1.54, 1.807) is 12.1 Å². The van der Waals surface area contributed by atoms with E-state index < -0.39 is 11.9 Å². The molecule has 0 aromatic heterocycles. The van der Waals surface area contributed by atoms with Gasteiger partial charge in [0.15, 0.2) is 0 Å². The summed E-state index contributed by atoms with van der Waals surface area (Å²) < 4.78 is 12.8. The van der Waals surface area contributed by atoms with E-state index in [1.807, 2.05) is 0 Å². The van der Waals surface area contributed by atoms with Crippen molar-refractivity contribution >= 4 is 11.6 Å². The van der Waals surface area contributed by atoms with Crippen LogP contribution in [0.5, 0.6) is 0 Å². The third-order valence-electron chi connectivity index (χ3n) is 1.89. The molecule has 0 aliphatic heterocycles. The van der Waals surface area contributed by atoms with E-state index in [2.05, 4.69) is 6.58 Å². The Labute approximate surface area is 87.8 Å². The van der Waals surface area contributed by atoms with E-state index >= 15 is 0 Å². The Hall–Kier alpha value is -0.860. The molecule has 0 fully saturated rings. The lowest BCUT2D eigenvalue weighted by atomic mass is 10.1. The van der Waals surface area contributed by atoms with Crippen molar-refractivity contribution < 1.29 is 9.50 Å². The van der Waals surface area contributed by atoms with Crippen LogP contribution in [0.25, 0.3) is 0 Å². The minimum atomic E-state index is -0.478. The zero-order valence-electron chi connectivity index (χ0n) is 7.71. The van der Waals surface area contributed by atoms with Gasteiger partial charge in [-0.05, 0) is 30.5 Å². The van der Waals surface area contributed by atoms with Crippen LogP contribution < -0.4 is 0 Å². The molecule has 14 heavy (non-hydrogen) atoms. The smallest absolute Gasteiger partial charge is 0.141 e. The van der Waals surface area contributed by atoms with E-state index in [1.165, 1.54) is 12.1 Å². The normalized spacial score (nSPS) is 12.5. The molecule has 0 heterocycles. The Kier molecular flexibility index (Phi) is 4.11. The number of aliphatic hydroxyl groups excluding tert-OH is 1. The number of aliphatic hydroxyl groups is 1. The van der Waals surface area contributed by atoms with Gasteiger partial charge in [-0.3, -0.25) is 0 Å². The van der Waals surface area contributed by atoms with E-state index in [9.17, 15) is 9.50 Å². The summed E-state index contributed by atoms with van der Waals surface area (Å²) in [6.07, 6.45) is 2.16. The van der Waals surface area contributed by atoms with Crippen LogP contribution in [0.4, 0.5) is 4.39 Å². The molecule has 0 saturated heterocycles. The summed E-state index contributed by atoms with van der Waals surface area (Å²) in [5.41, 5.74) is 0.825. The first-order valence-electron chi connectivity index (χ1n) is 4.36. The van der Waals surface area contributed by atoms with E-state index in [-0.39, 0.29) is 5.02 Å². The van der Waals surface area contributed by atoms with Crippen molar-refractivity contribution in [3.05, 3.63) is 47.3 Å². The lowest BCUT2D eigenvalue weighted by Crippen LogP contribution is -2.08. The zero-order chi connectivity index (χ0) is 10.6. The summed E-state index contributed by atoms with van der Waals surface area (Å²) >= 11 is 5.60. The molecule has 1 atom stereocenters. The maximum Gasteiger partial charge on any atom is 0.141 e. The molecule has 1 N–H and O–H groups in total. The van der Waals surface area contributed by atoms with Crippen LogP contribution in [0.3, 0.4) is 0 Å². The Bertz CT molecular complexity index is 325. The second kappa shape index (κ2) is 5.13. The van der Waals surface area contributed by atoms with Crippen LogP contribution in [0.2, 0.25) is 5.02 Å². The molecule has 1 rings (SSSR count). The van der Waals surface area contributed by atoms with Crippen LogP contribution in [-0.2, 0) is 6.42 Å². The van der Waals surface area contributed by atoms with Gasteiger partial charge < -0.3 is 5.11 Å². The summed E-state index contributed by atoms with van der Waals surface area (Å²) in [6.45, 7) is 3.53. The molecule has 1 nitrogen and oxygen atoms in total. The van der Waals surface area contributed by atoms with Gasteiger partial charge in [0.1, 0.15) is 5.82 Å². The Morgan fingerprint density at radius 1 is 1.57 bits per heavy atom. The van der Waals surface area contributed by atoms with E-state index in [0.717, 1.165) is 5.56 Å². The molecule has 1 aromatic rings. The maximum absolute atomic E-state index is 12.8. The first-order valence-corrected chi connectivity index (χ1v) is 4.74. The molecular formula is C11H12ClFO. The van der Waals surface area contributed by atoms with Crippen molar-refractivity contribution in [2.75, 3.05) is 0 Å². The minimum Gasteiger partial charge on any atom is -0.392 e. The lowest BCUT2D eigenvalue weighted by molar-refractivity contribution is 0.178. The van der Waals surface area contributed by atoms with Gasteiger partial charge in [0.2, 0.25) is 0 Å². The molecule has 1 unspecified atom stereocenters. The van der Waals surface area contributed by atoms with Gasteiger partial charge >= 0.3 is 0 Å². The van der Waals surface area contributed by atoms with Crippen molar-refractivity contribution in [2.45, 2.75) is 18.9 Å². The van der Waals surface area contributed by atoms with Crippen molar-refractivity contribution in [3.8, 4) is 0 Å². The molecule has 76 valence electrons. The molecule has 3 heteroatoms. The Balaban J connectivity index is 2.67. The number of rotatable bonds is 4. The number of hydrogen-bond acceptors (Lipinski definition) is 1. The molecule has 0 spiro atoms. The van der Waals surface area contributed by atoms with Crippen LogP contribution in [0, 0.1) is 5.82 Å². The molecule has 0 aliphatic carbocycles. The molecule has 0 amide bonds. The van der Waals surface area contributed by atoms with Gasteiger partial charge in [-0.1, -0.05) is 23.7 Å². The van der Waals surface area contributed by atoms with Crippen LogP contribution in [0.1, 0.15) is 12.0 Å². The van der Waals surface area contributed by atoms with Crippen molar-refractivity contribution in [1.82, 2.24) is 0 Å². The predicted octanol–water partition coefficient (Wildman–Crippen LogP) is 2.96. The second-order valence-electron chi connectivity index (χ2n) is 3.13. The highest BCUT2D eigenvalue weighted by molar-refractivity contribution is 6.30. The second-order valence-corrected chi connectivity index (χ2v) is 3.54. The van der Waals surface area contributed by atoms with Gasteiger partial charge in [0, 0.05) is 0 Å². The lowest BCUT2D eigenvalue weighted by Gasteiger charge is -2.08.